The maximum atomic E-state index is 9.05. The maximum absolute atomic E-state index is 9.05. The summed E-state index contributed by atoms with van der Waals surface area (Å²) in [7, 11) is 0. The van der Waals surface area contributed by atoms with Crippen LogP contribution in [-0.2, 0) is 6.42 Å². The average Bonchev–Trinajstić information content (AvgIpc) is 2.82. The fraction of sp³-hybridized carbons (Fsp3) is 0.294. The van der Waals surface area contributed by atoms with Crippen LogP contribution in [-0.4, -0.2) is 18.3 Å². The molecule has 0 saturated carbocycles. The summed E-state index contributed by atoms with van der Waals surface area (Å²) in [6, 6.07) is 15.2. The molecule has 0 radical (unpaired) electrons. The average molecular weight is 253 g/mol. The van der Waals surface area contributed by atoms with Gasteiger partial charge in [0.1, 0.15) is 0 Å². The maximum Gasteiger partial charge on any atom is 0.0473 e. The van der Waals surface area contributed by atoms with Gasteiger partial charge in [-0.2, -0.15) is 0 Å². The van der Waals surface area contributed by atoms with Crippen molar-refractivity contribution >= 4 is 5.69 Å². The molecule has 0 aliphatic heterocycles. The minimum atomic E-state index is 0.226. The van der Waals surface area contributed by atoms with E-state index >= 15 is 0 Å². The summed E-state index contributed by atoms with van der Waals surface area (Å²) in [6.07, 6.45) is 1.02. The summed E-state index contributed by atoms with van der Waals surface area (Å²) in [6.45, 7) is 3.07. The second kappa shape index (κ2) is 5.06. The first-order valence-electron chi connectivity index (χ1n) is 6.84. The predicted molar refractivity (Wildman–Crippen MR) is 79.4 cm³/mol. The summed E-state index contributed by atoms with van der Waals surface area (Å²) < 4.78 is 0. The van der Waals surface area contributed by atoms with Crippen molar-refractivity contribution in [1.82, 2.24) is 0 Å². The molecular weight excluding hydrogens is 234 g/mol. The Balaban J connectivity index is 1.81. The van der Waals surface area contributed by atoms with E-state index in [1.807, 2.05) is 6.92 Å². The second-order valence-electron chi connectivity index (χ2n) is 5.37. The first-order valence-corrected chi connectivity index (χ1v) is 6.84. The lowest BCUT2D eigenvalue weighted by molar-refractivity contribution is 0.244. The highest BCUT2D eigenvalue weighted by molar-refractivity contribution is 5.78. The van der Waals surface area contributed by atoms with Crippen LogP contribution in [0.5, 0.6) is 0 Å². The van der Waals surface area contributed by atoms with Crippen LogP contribution in [0, 0.1) is 5.92 Å². The van der Waals surface area contributed by atoms with Crippen LogP contribution in [0.3, 0.4) is 0 Å². The molecule has 98 valence electrons. The highest BCUT2D eigenvalue weighted by atomic mass is 16.3. The van der Waals surface area contributed by atoms with Crippen molar-refractivity contribution in [2.45, 2.75) is 13.3 Å². The number of hydrogen-bond donors (Lipinski definition) is 2. The van der Waals surface area contributed by atoms with E-state index in [-0.39, 0.29) is 12.5 Å². The molecule has 0 saturated heterocycles. The summed E-state index contributed by atoms with van der Waals surface area (Å²) in [4.78, 5) is 0. The van der Waals surface area contributed by atoms with Gasteiger partial charge in [-0.05, 0) is 46.7 Å². The van der Waals surface area contributed by atoms with Gasteiger partial charge < -0.3 is 10.4 Å². The summed E-state index contributed by atoms with van der Waals surface area (Å²) in [5, 5.41) is 12.4. The number of nitrogens with one attached hydrogen (secondary N) is 1. The topological polar surface area (TPSA) is 32.3 Å². The van der Waals surface area contributed by atoms with Crippen LogP contribution in [0.4, 0.5) is 5.69 Å². The van der Waals surface area contributed by atoms with Crippen LogP contribution in [0.2, 0.25) is 0 Å². The molecule has 2 N–H and O–H groups in total. The summed E-state index contributed by atoms with van der Waals surface area (Å²) in [5.74, 6) is 0.283. The van der Waals surface area contributed by atoms with Crippen LogP contribution in [0.1, 0.15) is 18.1 Å². The highest BCUT2D eigenvalue weighted by Crippen LogP contribution is 2.37. The first-order chi connectivity index (χ1) is 9.28. The van der Waals surface area contributed by atoms with Gasteiger partial charge in [-0.15, -0.1) is 0 Å². The van der Waals surface area contributed by atoms with E-state index in [0.29, 0.717) is 0 Å². The van der Waals surface area contributed by atoms with Crippen molar-refractivity contribution in [2.24, 2.45) is 5.92 Å². The third-order valence-electron chi connectivity index (χ3n) is 3.76. The van der Waals surface area contributed by atoms with Gasteiger partial charge in [0.25, 0.3) is 0 Å². The predicted octanol–water partition coefficient (Wildman–Crippen LogP) is 3.30. The molecule has 0 amide bonds. The molecule has 0 aromatic heterocycles. The van der Waals surface area contributed by atoms with Crippen molar-refractivity contribution in [3.63, 3.8) is 0 Å². The van der Waals surface area contributed by atoms with Crippen molar-refractivity contribution < 1.29 is 5.11 Å². The zero-order valence-electron chi connectivity index (χ0n) is 11.2. The van der Waals surface area contributed by atoms with Gasteiger partial charge in [0.2, 0.25) is 0 Å². The fourth-order valence-electron chi connectivity index (χ4n) is 2.61. The number of fused-ring (bicyclic) bond motifs is 3. The Morgan fingerprint density at radius 2 is 1.89 bits per heavy atom. The number of hydrogen-bond acceptors (Lipinski definition) is 2. The molecular formula is C17H19NO. The van der Waals surface area contributed by atoms with E-state index in [9.17, 15) is 0 Å². The zero-order valence-corrected chi connectivity index (χ0v) is 11.2. The Labute approximate surface area is 114 Å². The Hall–Kier alpha value is -1.80. The van der Waals surface area contributed by atoms with Crippen molar-refractivity contribution in [3.8, 4) is 11.1 Å². The monoisotopic (exact) mass is 253 g/mol. The van der Waals surface area contributed by atoms with Crippen LogP contribution < -0.4 is 5.32 Å². The quantitative estimate of drug-likeness (QED) is 0.747. The molecule has 1 aliphatic rings. The summed E-state index contributed by atoms with van der Waals surface area (Å²) >= 11 is 0. The van der Waals surface area contributed by atoms with Crippen LogP contribution in [0.25, 0.3) is 11.1 Å². The molecule has 0 fully saturated rings. The molecule has 1 aliphatic carbocycles. The fourth-order valence-corrected chi connectivity index (χ4v) is 2.61. The van der Waals surface area contributed by atoms with Gasteiger partial charge in [-0.25, -0.2) is 0 Å². The van der Waals surface area contributed by atoms with Gasteiger partial charge in [0.05, 0.1) is 0 Å². The Morgan fingerprint density at radius 1 is 1.11 bits per heavy atom. The van der Waals surface area contributed by atoms with Crippen molar-refractivity contribution in [2.75, 3.05) is 18.5 Å². The lowest BCUT2D eigenvalue weighted by atomic mass is 10.1. The van der Waals surface area contributed by atoms with Gasteiger partial charge in [-0.3, -0.25) is 0 Å². The molecule has 2 heteroatoms. The molecule has 1 unspecified atom stereocenters. The molecule has 19 heavy (non-hydrogen) atoms. The normalized spacial score (nSPS) is 13.8. The lowest BCUT2D eigenvalue weighted by Gasteiger charge is -2.12. The van der Waals surface area contributed by atoms with E-state index in [4.69, 9.17) is 5.11 Å². The molecule has 0 heterocycles. The van der Waals surface area contributed by atoms with E-state index in [1.165, 1.54) is 22.3 Å². The molecule has 0 bridgehead atoms. The minimum Gasteiger partial charge on any atom is -0.396 e. The molecule has 2 aromatic rings. The third-order valence-corrected chi connectivity index (χ3v) is 3.76. The van der Waals surface area contributed by atoms with Crippen LogP contribution in [0.15, 0.2) is 42.5 Å². The second-order valence-corrected chi connectivity index (χ2v) is 5.37. The molecule has 2 aromatic carbocycles. The minimum absolute atomic E-state index is 0.226. The van der Waals surface area contributed by atoms with Crippen molar-refractivity contribution in [1.29, 1.82) is 0 Å². The molecule has 2 nitrogen and oxygen atoms in total. The smallest absolute Gasteiger partial charge is 0.0473 e. The van der Waals surface area contributed by atoms with Gasteiger partial charge in [-0.1, -0.05) is 37.3 Å². The lowest BCUT2D eigenvalue weighted by Crippen LogP contribution is -2.14. The van der Waals surface area contributed by atoms with Gasteiger partial charge in [0.15, 0.2) is 0 Å². The van der Waals surface area contributed by atoms with E-state index in [2.05, 4.69) is 47.8 Å². The van der Waals surface area contributed by atoms with Crippen LogP contribution >= 0.6 is 0 Å². The van der Waals surface area contributed by atoms with Crippen molar-refractivity contribution in [3.05, 3.63) is 53.6 Å². The van der Waals surface area contributed by atoms with E-state index < -0.39 is 0 Å². The molecule has 0 spiro atoms. The SMILES string of the molecule is CC(CO)CNc1ccc2c(c1)Cc1ccccc1-2. The first kappa shape index (κ1) is 12.2. The highest BCUT2D eigenvalue weighted by Gasteiger charge is 2.17. The number of benzene rings is 2. The standard InChI is InChI=1S/C17H19NO/c1-12(11-19)10-18-15-6-7-17-14(9-15)8-13-4-2-3-5-16(13)17/h2-7,9,12,18-19H,8,10-11H2,1H3. The number of anilines is 1. The zero-order chi connectivity index (χ0) is 13.2. The molecule has 1 atom stereocenters. The van der Waals surface area contributed by atoms with E-state index in [1.54, 1.807) is 0 Å². The number of aliphatic hydroxyl groups is 1. The Bertz CT molecular complexity index is 592. The largest absolute Gasteiger partial charge is 0.396 e. The number of rotatable bonds is 4. The van der Waals surface area contributed by atoms with E-state index in [0.717, 1.165) is 18.7 Å². The third kappa shape index (κ3) is 2.36. The molecule has 3 rings (SSSR count). The number of aliphatic hydroxyl groups excluding tert-OH is 1. The van der Waals surface area contributed by atoms with Gasteiger partial charge >= 0.3 is 0 Å². The summed E-state index contributed by atoms with van der Waals surface area (Å²) in [5.41, 5.74) is 6.68. The Kier molecular flexibility index (Phi) is 3.26. The Morgan fingerprint density at radius 3 is 2.74 bits per heavy atom. The van der Waals surface area contributed by atoms with Gasteiger partial charge in [0, 0.05) is 18.8 Å².